The van der Waals surface area contributed by atoms with Gasteiger partial charge in [0.25, 0.3) is 5.22 Å². The van der Waals surface area contributed by atoms with Crippen molar-refractivity contribution < 1.29 is 13.9 Å². The number of nitrogens with zero attached hydrogens (tertiary/aromatic N) is 2. The van der Waals surface area contributed by atoms with Crippen LogP contribution in [-0.4, -0.2) is 35.5 Å². The third kappa shape index (κ3) is 5.86. The lowest BCUT2D eigenvalue weighted by molar-refractivity contribution is -0.118. The van der Waals surface area contributed by atoms with Gasteiger partial charge < -0.3 is 14.5 Å². The van der Waals surface area contributed by atoms with Crippen molar-refractivity contribution in [1.82, 2.24) is 15.5 Å². The molecule has 0 bridgehead atoms. The van der Waals surface area contributed by atoms with E-state index in [1.807, 2.05) is 36.4 Å². The van der Waals surface area contributed by atoms with E-state index in [1.54, 1.807) is 7.11 Å². The van der Waals surface area contributed by atoms with Gasteiger partial charge in [0.2, 0.25) is 11.8 Å². The van der Waals surface area contributed by atoms with Gasteiger partial charge in [-0.2, -0.15) is 0 Å². The normalized spacial score (nSPS) is 11.3. The summed E-state index contributed by atoms with van der Waals surface area (Å²) in [4.78, 5) is 12.1. The molecule has 0 saturated carbocycles. The first-order valence-electron chi connectivity index (χ1n) is 9.82. The second-order valence-corrected chi connectivity index (χ2v) is 8.83. The Kier molecular flexibility index (Phi) is 7.15. The van der Waals surface area contributed by atoms with Gasteiger partial charge in [0.05, 0.1) is 12.9 Å². The summed E-state index contributed by atoms with van der Waals surface area (Å²) in [5.74, 6) is 1.42. The zero-order chi connectivity index (χ0) is 21.6. The van der Waals surface area contributed by atoms with E-state index >= 15 is 0 Å². The predicted octanol–water partition coefficient (Wildman–Crippen LogP) is 4.49. The SMILES string of the molecule is COc1ccccc1CCNC(=O)CSc1nnc(-c2ccc(C(C)(C)C)cc2)o1. The lowest BCUT2D eigenvalue weighted by Crippen LogP contribution is -2.27. The predicted molar refractivity (Wildman–Crippen MR) is 119 cm³/mol. The minimum Gasteiger partial charge on any atom is -0.496 e. The summed E-state index contributed by atoms with van der Waals surface area (Å²) in [5, 5.41) is 11.4. The van der Waals surface area contributed by atoms with Gasteiger partial charge >= 0.3 is 0 Å². The summed E-state index contributed by atoms with van der Waals surface area (Å²) < 4.78 is 11.0. The largest absolute Gasteiger partial charge is 0.496 e. The molecule has 0 radical (unpaired) electrons. The third-order valence-electron chi connectivity index (χ3n) is 4.64. The summed E-state index contributed by atoms with van der Waals surface area (Å²) in [6.07, 6.45) is 0.704. The van der Waals surface area contributed by atoms with Gasteiger partial charge in [-0.05, 0) is 41.2 Å². The maximum atomic E-state index is 12.1. The zero-order valence-corrected chi connectivity index (χ0v) is 18.6. The van der Waals surface area contributed by atoms with Crippen LogP contribution in [0.3, 0.4) is 0 Å². The first-order valence-corrected chi connectivity index (χ1v) is 10.8. The standard InChI is InChI=1S/C23H27N3O3S/c1-23(2,3)18-11-9-17(10-12-18)21-25-26-22(29-21)30-15-20(27)24-14-13-16-7-5-6-8-19(16)28-4/h5-12H,13-15H2,1-4H3,(H,24,27). The Labute approximate surface area is 181 Å². The Morgan fingerprint density at radius 3 is 2.53 bits per heavy atom. The molecule has 7 heteroatoms. The van der Waals surface area contributed by atoms with Gasteiger partial charge in [0, 0.05) is 12.1 Å². The maximum Gasteiger partial charge on any atom is 0.277 e. The molecule has 0 aliphatic carbocycles. The monoisotopic (exact) mass is 425 g/mol. The molecule has 2 aromatic carbocycles. The number of nitrogens with one attached hydrogen (secondary N) is 1. The molecular formula is C23H27N3O3S. The number of carbonyl (C=O) groups is 1. The molecule has 0 atom stereocenters. The Hall–Kier alpha value is -2.80. The Morgan fingerprint density at radius 2 is 1.83 bits per heavy atom. The lowest BCUT2D eigenvalue weighted by Gasteiger charge is -2.18. The number of ether oxygens (including phenoxy) is 1. The van der Waals surface area contributed by atoms with Crippen molar-refractivity contribution in [2.45, 2.75) is 37.8 Å². The van der Waals surface area contributed by atoms with Gasteiger partial charge in [0.1, 0.15) is 5.75 Å². The van der Waals surface area contributed by atoms with E-state index in [4.69, 9.17) is 9.15 Å². The molecule has 0 unspecified atom stereocenters. The molecule has 0 saturated heterocycles. The Morgan fingerprint density at radius 1 is 1.10 bits per heavy atom. The molecule has 3 aromatic rings. The van der Waals surface area contributed by atoms with Crippen LogP contribution < -0.4 is 10.1 Å². The summed E-state index contributed by atoms with van der Waals surface area (Å²) in [7, 11) is 1.64. The summed E-state index contributed by atoms with van der Waals surface area (Å²) in [6, 6.07) is 15.9. The molecule has 0 aliphatic rings. The number of hydrogen-bond donors (Lipinski definition) is 1. The number of amides is 1. The number of methoxy groups -OCH3 is 1. The van der Waals surface area contributed by atoms with Crippen molar-refractivity contribution in [2.75, 3.05) is 19.4 Å². The maximum absolute atomic E-state index is 12.1. The highest BCUT2D eigenvalue weighted by Gasteiger charge is 2.15. The van der Waals surface area contributed by atoms with Crippen LogP contribution in [0.4, 0.5) is 0 Å². The summed E-state index contributed by atoms with van der Waals surface area (Å²) in [6.45, 7) is 7.05. The molecule has 30 heavy (non-hydrogen) atoms. The number of hydrogen-bond acceptors (Lipinski definition) is 6. The fourth-order valence-electron chi connectivity index (χ4n) is 2.92. The van der Waals surface area contributed by atoms with Crippen LogP contribution >= 0.6 is 11.8 Å². The van der Waals surface area contributed by atoms with Crippen LogP contribution in [0.2, 0.25) is 0 Å². The minimum absolute atomic E-state index is 0.0795. The molecule has 3 rings (SSSR count). The molecule has 0 fully saturated rings. The van der Waals surface area contributed by atoms with E-state index < -0.39 is 0 Å². The van der Waals surface area contributed by atoms with E-state index in [0.717, 1.165) is 16.9 Å². The van der Waals surface area contributed by atoms with E-state index in [2.05, 4.69) is 48.4 Å². The lowest BCUT2D eigenvalue weighted by atomic mass is 9.87. The fraction of sp³-hybridized carbons (Fsp3) is 0.348. The van der Waals surface area contributed by atoms with E-state index in [-0.39, 0.29) is 17.1 Å². The van der Waals surface area contributed by atoms with Gasteiger partial charge in [-0.3, -0.25) is 4.79 Å². The van der Waals surface area contributed by atoms with Crippen LogP contribution in [0.25, 0.3) is 11.5 Å². The molecule has 0 aliphatic heterocycles. The number of rotatable bonds is 8. The summed E-state index contributed by atoms with van der Waals surface area (Å²) >= 11 is 1.23. The second-order valence-electron chi connectivity index (χ2n) is 7.90. The second kappa shape index (κ2) is 9.80. The van der Waals surface area contributed by atoms with Crippen molar-refractivity contribution in [2.24, 2.45) is 0 Å². The van der Waals surface area contributed by atoms with Gasteiger partial charge in [0.15, 0.2) is 0 Å². The topological polar surface area (TPSA) is 77.2 Å². The van der Waals surface area contributed by atoms with Gasteiger partial charge in [-0.25, -0.2) is 0 Å². The van der Waals surface area contributed by atoms with Gasteiger partial charge in [-0.1, -0.05) is 62.9 Å². The average Bonchev–Trinajstić information content (AvgIpc) is 3.21. The quantitative estimate of drug-likeness (QED) is 0.536. The number of para-hydroxylation sites is 1. The highest BCUT2D eigenvalue weighted by atomic mass is 32.2. The van der Waals surface area contributed by atoms with Crippen molar-refractivity contribution in [1.29, 1.82) is 0 Å². The highest BCUT2D eigenvalue weighted by Crippen LogP contribution is 2.27. The van der Waals surface area contributed by atoms with Crippen molar-refractivity contribution in [3.05, 3.63) is 59.7 Å². The van der Waals surface area contributed by atoms with Crippen LogP contribution in [0.5, 0.6) is 5.75 Å². The molecule has 1 N–H and O–H groups in total. The summed E-state index contributed by atoms with van der Waals surface area (Å²) in [5.41, 5.74) is 3.26. The molecule has 1 heterocycles. The number of carbonyl (C=O) groups excluding carboxylic acids is 1. The van der Waals surface area contributed by atoms with Crippen molar-refractivity contribution >= 4 is 17.7 Å². The molecule has 1 amide bonds. The van der Waals surface area contributed by atoms with Gasteiger partial charge in [-0.15, -0.1) is 10.2 Å². The zero-order valence-electron chi connectivity index (χ0n) is 17.8. The van der Waals surface area contributed by atoms with Crippen LogP contribution in [0.15, 0.2) is 58.2 Å². The fourth-order valence-corrected chi connectivity index (χ4v) is 3.52. The number of benzene rings is 2. The van der Waals surface area contributed by atoms with Crippen LogP contribution in [-0.2, 0) is 16.6 Å². The smallest absolute Gasteiger partial charge is 0.277 e. The molecule has 6 nitrogen and oxygen atoms in total. The Bertz CT molecular complexity index is 978. The van der Waals surface area contributed by atoms with E-state index in [9.17, 15) is 4.79 Å². The molecular weight excluding hydrogens is 398 g/mol. The number of aromatic nitrogens is 2. The van der Waals surface area contributed by atoms with Crippen molar-refractivity contribution in [3.8, 4) is 17.2 Å². The Balaban J connectivity index is 1.47. The van der Waals surface area contributed by atoms with Crippen LogP contribution in [0, 0.1) is 0 Å². The first-order chi connectivity index (χ1) is 14.4. The van der Waals surface area contributed by atoms with Crippen LogP contribution in [0.1, 0.15) is 31.9 Å². The molecule has 0 spiro atoms. The minimum atomic E-state index is -0.0795. The van der Waals surface area contributed by atoms with Crippen molar-refractivity contribution in [3.63, 3.8) is 0 Å². The molecule has 1 aromatic heterocycles. The van der Waals surface area contributed by atoms with E-state index in [0.29, 0.717) is 24.1 Å². The average molecular weight is 426 g/mol. The molecule has 158 valence electrons. The highest BCUT2D eigenvalue weighted by molar-refractivity contribution is 7.99. The number of thioether (sulfide) groups is 1. The first kappa shape index (κ1) is 21.9. The third-order valence-corrected chi connectivity index (χ3v) is 5.46. The van der Waals surface area contributed by atoms with E-state index in [1.165, 1.54) is 17.3 Å².